The maximum Gasteiger partial charge on any atom is 0.244 e. The number of hydrogen-bond donors (Lipinski definition) is 1. The van der Waals surface area contributed by atoms with Gasteiger partial charge in [0.25, 0.3) is 0 Å². The van der Waals surface area contributed by atoms with Crippen LogP contribution in [0, 0.1) is 0 Å². The fourth-order valence-electron chi connectivity index (χ4n) is 1.03. The Hall–Kier alpha value is -1.14. The molecule has 0 spiro atoms. The predicted molar refractivity (Wildman–Crippen MR) is 57.0 cm³/mol. The van der Waals surface area contributed by atoms with Crippen molar-refractivity contribution < 1.29 is 9.47 Å². The number of rotatable bonds is 6. The first kappa shape index (κ1) is 11.9. The van der Waals surface area contributed by atoms with E-state index in [2.05, 4.69) is 15.2 Å². The zero-order valence-corrected chi connectivity index (χ0v) is 9.65. The molecule has 0 saturated carbocycles. The zero-order chi connectivity index (χ0) is 11.3. The summed E-state index contributed by atoms with van der Waals surface area (Å²) >= 11 is 0. The van der Waals surface area contributed by atoms with Crippen LogP contribution in [0.15, 0.2) is 0 Å². The van der Waals surface area contributed by atoms with E-state index in [9.17, 15) is 0 Å². The van der Waals surface area contributed by atoms with Crippen molar-refractivity contribution >= 4 is 5.95 Å². The maximum atomic E-state index is 5.48. The number of nitrogens with one attached hydrogen (secondary N) is 1. The minimum absolute atomic E-state index is 0.0960. The average molecular weight is 214 g/mol. The van der Waals surface area contributed by atoms with Gasteiger partial charge in [-0.05, 0) is 6.92 Å². The number of ether oxygens (including phenoxy) is 2. The number of nitrogens with zero attached hydrogens (tertiary/aromatic N) is 3. The maximum absolute atomic E-state index is 5.48. The molecule has 0 bridgehead atoms. The highest BCUT2D eigenvalue weighted by Gasteiger charge is 2.11. The Kier molecular flexibility index (Phi) is 4.51. The van der Waals surface area contributed by atoms with Gasteiger partial charge in [0.05, 0.1) is 13.2 Å². The standard InChI is InChI=1S/C9H18N4O2/c1-7(15-6-5-14-4)8-10-9(12-11-8)13(2)3/h7H,5-6H2,1-4H3,(H,10,11,12). The minimum Gasteiger partial charge on any atom is -0.382 e. The van der Waals surface area contributed by atoms with Gasteiger partial charge in [-0.25, -0.2) is 0 Å². The van der Waals surface area contributed by atoms with Gasteiger partial charge in [-0.1, -0.05) is 0 Å². The molecular formula is C9H18N4O2. The van der Waals surface area contributed by atoms with Crippen LogP contribution in [0.1, 0.15) is 18.9 Å². The van der Waals surface area contributed by atoms with E-state index in [-0.39, 0.29) is 6.10 Å². The second-order valence-corrected chi connectivity index (χ2v) is 3.42. The van der Waals surface area contributed by atoms with E-state index < -0.39 is 0 Å². The lowest BCUT2D eigenvalue weighted by Gasteiger charge is -2.09. The molecule has 1 aromatic heterocycles. The summed E-state index contributed by atoms with van der Waals surface area (Å²) in [5.74, 6) is 1.39. The fourth-order valence-corrected chi connectivity index (χ4v) is 1.03. The second kappa shape index (κ2) is 5.67. The average Bonchev–Trinajstić information content (AvgIpc) is 2.66. The van der Waals surface area contributed by atoms with Gasteiger partial charge in [0, 0.05) is 21.2 Å². The molecular weight excluding hydrogens is 196 g/mol. The lowest BCUT2D eigenvalue weighted by Crippen LogP contribution is -2.11. The number of hydrogen-bond acceptors (Lipinski definition) is 5. The van der Waals surface area contributed by atoms with Crippen LogP contribution in [0.2, 0.25) is 0 Å². The first-order valence-corrected chi connectivity index (χ1v) is 4.85. The van der Waals surface area contributed by atoms with Crippen molar-refractivity contribution in [3.8, 4) is 0 Å². The molecule has 1 unspecified atom stereocenters. The van der Waals surface area contributed by atoms with E-state index in [0.717, 1.165) is 5.82 Å². The Morgan fingerprint density at radius 2 is 2.13 bits per heavy atom. The number of aromatic nitrogens is 3. The van der Waals surface area contributed by atoms with Crippen LogP contribution in [-0.4, -0.2) is 49.6 Å². The van der Waals surface area contributed by atoms with Gasteiger partial charge >= 0.3 is 0 Å². The molecule has 1 N–H and O–H groups in total. The molecule has 86 valence electrons. The van der Waals surface area contributed by atoms with Crippen LogP contribution in [-0.2, 0) is 9.47 Å². The highest BCUT2D eigenvalue weighted by molar-refractivity contribution is 5.25. The van der Waals surface area contributed by atoms with E-state index in [1.54, 1.807) is 7.11 Å². The molecule has 0 aliphatic heterocycles. The Labute approximate surface area is 89.6 Å². The van der Waals surface area contributed by atoms with Gasteiger partial charge in [-0.2, -0.15) is 4.98 Å². The highest BCUT2D eigenvalue weighted by Crippen LogP contribution is 2.13. The Morgan fingerprint density at radius 1 is 1.40 bits per heavy atom. The normalized spacial score (nSPS) is 12.8. The first-order chi connectivity index (χ1) is 7.15. The monoisotopic (exact) mass is 214 g/mol. The topological polar surface area (TPSA) is 63.3 Å². The molecule has 6 nitrogen and oxygen atoms in total. The zero-order valence-electron chi connectivity index (χ0n) is 9.65. The first-order valence-electron chi connectivity index (χ1n) is 4.85. The third-order valence-corrected chi connectivity index (χ3v) is 1.93. The van der Waals surface area contributed by atoms with Gasteiger partial charge < -0.3 is 14.4 Å². The molecule has 0 aliphatic rings. The summed E-state index contributed by atoms with van der Waals surface area (Å²) in [6.07, 6.45) is -0.0960. The van der Waals surface area contributed by atoms with Crippen LogP contribution in [0.3, 0.4) is 0 Å². The molecule has 1 atom stereocenters. The molecule has 0 saturated heterocycles. The third-order valence-electron chi connectivity index (χ3n) is 1.93. The van der Waals surface area contributed by atoms with Gasteiger partial charge in [0.2, 0.25) is 5.95 Å². The largest absolute Gasteiger partial charge is 0.382 e. The van der Waals surface area contributed by atoms with Crippen LogP contribution >= 0.6 is 0 Å². The molecule has 1 rings (SSSR count). The summed E-state index contributed by atoms with van der Waals surface area (Å²) in [7, 11) is 5.43. The summed E-state index contributed by atoms with van der Waals surface area (Å²) in [5, 5.41) is 6.89. The van der Waals surface area contributed by atoms with Gasteiger partial charge in [-0.3, -0.25) is 5.10 Å². The number of aromatic amines is 1. The lowest BCUT2D eigenvalue weighted by molar-refractivity contribution is 0.0216. The molecule has 15 heavy (non-hydrogen) atoms. The highest BCUT2D eigenvalue weighted by atomic mass is 16.5. The molecule has 0 aromatic carbocycles. The van der Waals surface area contributed by atoms with Crippen molar-refractivity contribution in [3.05, 3.63) is 5.82 Å². The van der Waals surface area contributed by atoms with Crippen LogP contribution in [0.4, 0.5) is 5.95 Å². The number of anilines is 1. The van der Waals surface area contributed by atoms with Crippen LogP contribution in [0.5, 0.6) is 0 Å². The molecule has 1 heterocycles. The summed E-state index contributed by atoms with van der Waals surface area (Å²) in [6, 6.07) is 0. The SMILES string of the molecule is COCCOC(C)c1nc(N(C)C)n[nH]1. The van der Waals surface area contributed by atoms with Gasteiger partial charge in [-0.15, -0.1) is 5.10 Å². The summed E-state index contributed by atoms with van der Waals surface area (Å²) < 4.78 is 10.4. The molecule has 0 amide bonds. The van der Waals surface area contributed by atoms with Crippen molar-refractivity contribution in [2.24, 2.45) is 0 Å². The molecule has 0 aliphatic carbocycles. The number of methoxy groups -OCH3 is 1. The van der Waals surface area contributed by atoms with E-state index in [1.165, 1.54) is 0 Å². The van der Waals surface area contributed by atoms with Crippen molar-refractivity contribution in [1.29, 1.82) is 0 Å². The van der Waals surface area contributed by atoms with Gasteiger partial charge in [0.15, 0.2) is 5.82 Å². The minimum atomic E-state index is -0.0960. The van der Waals surface area contributed by atoms with Crippen molar-refractivity contribution in [2.45, 2.75) is 13.0 Å². The van der Waals surface area contributed by atoms with Crippen molar-refractivity contribution in [1.82, 2.24) is 15.2 Å². The van der Waals surface area contributed by atoms with Crippen molar-refractivity contribution in [2.75, 3.05) is 39.3 Å². The Bertz CT molecular complexity index is 287. The fraction of sp³-hybridized carbons (Fsp3) is 0.778. The van der Waals surface area contributed by atoms with Crippen LogP contribution < -0.4 is 4.90 Å². The molecule has 0 fully saturated rings. The van der Waals surface area contributed by atoms with Crippen LogP contribution in [0.25, 0.3) is 0 Å². The molecule has 0 radical (unpaired) electrons. The van der Waals surface area contributed by atoms with E-state index >= 15 is 0 Å². The second-order valence-electron chi connectivity index (χ2n) is 3.42. The molecule has 6 heteroatoms. The van der Waals surface area contributed by atoms with E-state index in [0.29, 0.717) is 19.2 Å². The Morgan fingerprint density at radius 3 is 2.67 bits per heavy atom. The number of H-pyrrole nitrogens is 1. The Balaban J connectivity index is 2.47. The smallest absolute Gasteiger partial charge is 0.244 e. The summed E-state index contributed by atoms with van der Waals surface area (Å²) in [6.45, 7) is 3.06. The van der Waals surface area contributed by atoms with E-state index in [4.69, 9.17) is 9.47 Å². The van der Waals surface area contributed by atoms with Crippen molar-refractivity contribution in [3.63, 3.8) is 0 Å². The lowest BCUT2D eigenvalue weighted by atomic mass is 10.4. The summed E-state index contributed by atoms with van der Waals surface area (Å²) in [5.41, 5.74) is 0. The summed E-state index contributed by atoms with van der Waals surface area (Å²) in [4.78, 5) is 6.12. The third kappa shape index (κ3) is 3.49. The van der Waals surface area contributed by atoms with E-state index in [1.807, 2.05) is 25.9 Å². The predicted octanol–water partition coefficient (Wildman–Crippen LogP) is 0.595. The van der Waals surface area contributed by atoms with Gasteiger partial charge in [0.1, 0.15) is 6.10 Å². The molecule has 1 aromatic rings. The quantitative estimate of drug-likeness (QED) is 0.702.